The van der Waals surface area contributed by atoms with Crippen molar-refractivity contribution in [3.05, 3.63) is 53.8 Å². The Morgan fingerprint density at radius 3 is 2.56 bits per heavy atom. The van der Waals surface area contributed by atoms with E-state index in [2.05, 4.69) is 55.5 Å². The molecule has 0 heterocycles. The minimum Gasteiger partial charge on any atom is -0.133 e. The van der Waals surface area contributed by atoms with Crippen LogP contribution in [0.5, 0.6) is 0 Å². The third-order valence-corrected chi connectivity index (χ3v) is 2.93. The molecule has 0 radical (unpaired) electrons. The Kier molecular flexibility index (Phi) is 4.37. The molecule has 0 saturated heterocycles. The Labute approximate surface area is 99.7 Å². The lowest BCUT2D eigenvalue weighted by molar-refractivity contribution is 1.26. The number of rotatable bonds is 2. The average molecular weight is 226 g/mol. The number of benzene rings is 1. The monoisotopic (exact) mass is 226 g/mol. The molecule has 0 fully saturated rings. The fourth-order valence-electron chi connectivity index (χ4n) is 1.26. The summed E-state index contributed by atoms with van der Waals surface area (Å²) in [5.74, 6) is 3.31. The smallest absolute Gasteiger partial charge is 0.129 e. The summed E-state index contributed by atoms with van der Waals surface area (Å²) in [6.07, 6.45) is 2.80. The first-order valence-electron chi connectivity index (χ1n) is 5.48. The Hall–Kier alpha value is -1.48. The van der Waals surface area contributed by atoms with Crippen molar-refractivity contribution in [1.29, 1.82) is 0 Å². The lowest BCUT2D eigenvalue weighted by atomic mass is 10.1. The van der Waals surface area contributed by atoms with E-state index in [-0.39, 0.29) is 0 Å². The molecule has 0 aliphatic heterocycles. The molecule has 0 aliphatic rings. The van der Waals surface area contributed by atoms with Crippen LogP contribution in [0, 0.1) is 11.5 Å². The fraction of sp³-hybridized carbons (Fsp3) is 0.267. The largest absolute Gasteiger partial charge is 0.133 e. The standard InChI is InChI=1S/C15H18Si/c1-5-6-9-14-10-7-8-11-15(14)12-13-16(2,3)4/h6-8,10-11H,1,9H2,2-4H3. The fourth-order valence-corrected chi connectivity index (χ4v) is 1.77. The first kappa shape index (κ1) is 12.6. The van der Waals surface area contributed by atoms with Gasteiger partial charge in [0.05, 0.1) is 0 Å². The molecule has 0 bridgehead atoms. The minimum absolute atomic E-state index is 0.861. The van der Waals surface area contributed by atoms with Gasteiger partial charge in [-0.1, -0.05) is 50.3 Å². The van der Waals surface area contributed by atoms with Gasteiger partial charge in [0.25, 0.3) is 0 Å². The van der Waals surface area contributed by atoms with Gasteiger partial charge in [-0.2, -0.15) is 0 Å². The van der Waals surface area contributed by atoms with Gasteiger partial charge < -0.3 is 0 Å². The molecular weight excluding hydrogens is 208 g/mol. The normalized spacial score (nSPS) is 9.94. The Bertz CT molecular complexity index is 460. The van der Waals surface area contributed by atoms with E-state index in [9.17, 15) is 0 Å². The summed E-state index contributed by atoms with van der Waals surface area (Å²) in [7, 11) is -1.29. The second-order valence-corrected chi connectivity index (χ2v) is 9.52. The lowest BCUT2D eigenvalue weighted by Crippen LogP contribution is -2.16. The quantitative estimate of drug-likeness (QED) is 0.409. The highest BCUT2D eigenvalue weighted by Crippen LogP contribution is 2.09. The zero-order valence-corrected chi connectivity index (χ0v) is 11.3. The second kappa shape index (κ2) is 5.56. The Morgan fingerprint density at radius 1 is 1.25 bits per heavy atom. The van der Waals surface area contributed by atoms with E-state index < -0.39 is 8.07 Å². The van der Waals surface area contributed by atoms with E-state index in [1.54, 1.807) is 0 Å². The van der Waals surface area contributed by atoms with Gasteiger partial charge in [0.1, 0.15) is 8.07 Å². The summed E-state index contributed by atoms with van der Waals surface area (Å²) >= 11 is 0. The molecule has 0 amide bonds. The first-order chi connectivity index (χ1) is 7.53. The number of allylic oxidation sites excluding steroid dienone is 1. The third kappa shape index (κ3) is 4.36. The van der Waals surface area contributed by atoms with Gasteiger partial charge in [0.2, 0.25) is 0 Å². The lowest BCUT2D eigenvalue weighted by Gasteiger charge is -2.05. The molecule has 0 atom stereocenters. The highest BCUT2D eigenvalue weighted by Gasteiger charge is 2.07. The van der Waals surface area contributed by atoms with Crippen LogP contribution < -0.4 is 0 Å². The van der Waals surface area contributed by atoms with Gasteiger partial charge in [0.15, 0.2) is 0 Å². The van der Waals surface area contributed by atoms with Crippen molar-refractivity contribution in [2.45, 2.75) is 26.1 Å². The summed E-state index contributed by atoms with van der Waals surface area (Å²) < 4.78 is 0. The van der Waals surface area contributed by atoms with Gasteiger partial charge in [-0.25, -0.2) is 0 Å². The summed E-state index contributed by atoms with van der Waals surface area (Å²) in [5, 5.41) is 0. The molecule has 1 heteroatoms. The van der Waals surface area contributed by atoms with Crippen LogP contribution in [0.25, 0.3) is 0 Å². The van der Waals surface area contributed by atoms with Gasteiger partial charge in [-0.3, -0.25) is 0 Å². The average Bonchev–Trinajstić information content (AvgIpc) is 2.23. The molecule has 1 aromatic rings. The van der Waals surface area contributed by atoms with Crippen molar-refractivity contribution in [2.75, 3.05) is 0 Å². The van der Waals surface area contributed by atoms with Crippen molar-refractivity contribution in [3.8, 4) is 11.5 Å². The summed E-state index contributed by atoms with van der Waals surface area (Å²) in [6, 6.07) is 8.28. The maximum absolute atomic E-state index is 3.58. The molecule has 0 saturated carbocycles. The summed E-state index contributed by atoms with van der Waals surface area (Å²) in [4.78, 5) is 0. The highest BCUT2D eigenvalue weighted by atomic mass is 28.3. The molecular formula is C15H18Si. The molecule has 1 aromatic carbocycles. The zero-order chi connectivity index (χ0) is 12.0. The van der Waals surface area contributed by atoms with Crippen LogP contribution in [0.4, 0.5) is 0 Å². The van der Waals surface area contributed by atoms with Crippen LogP contribution in [0.3, 0.4) is 0 Å². The number of hydrogen-bond acceptors (Lipinski definition) is 0. The highest BCUT2D eigenvalue weighted by molar-refractivity contribution is 6.83. The van der Waals surface area contributed by atoms with Crippen molar-refractivity contribution >= 4 is 8.07 Å². The molecule has 16 heavy (non-hydrogen) atoms. The van der Waals surface area contributed by atoms with Crippen molar-refractivity contribution in [3.63, 3.8) is 0 Å². The predicted octanol–water partition coefficient (Wildman–Crippen LogP) is 3.80. The van der Waals surface area contributed by atoms with Crippen molar-refractivity contribution < 1.29 is 0 Å². The van der Waals surface area contributed by atoms with E-state index in [1.807, 2.05) is 18.2 Å². The van der Waals surface area contributed by atoms with Gasteiger partial charge >= 0.3 is 0 Å². The molecule has 0 nitrogen and oxygen atoms in total. The SMILES string of the molecule is C=C=CCc1ccccc1C#C[Si](C)(C)C. The topological polar surface area (TPSA) is 0 Å². The van der Waals surface area contributed by atoms with Crippen molar-refractivity contribution in [2.24, 2.45) is 0 Å². The van der Waals surface area contributed by atoms with Crippen LogP contribution in [0.15, 0.2) is 42.7 Å². The second-order valence-electron chi connectivity index (χ2n) is 4.77. The van der Waals surface area contributed by atoms with E-state index >= 15 is 0 Å². The Balaban J connectivity index is 3.02. The van der Waals surface area contributed by atoms with Crippen LogP contribution >= 0.6 is 0 Å². The van der Waals surface area contributed by atoms with E-state index in [0.29, 0.717) is 0 Å². The molecule has 1 rings (SSSR count). The molecule has 0 unspecified atom stereocenters. The summed E-state index contributed by atoms with van der Waals surface area (Å²) in [6.45, 7) is 10.3. The molecule has 0 spiro atoms. The van der Waals surface area contributed by atoms with E-state index in [4.69, 9.17) is 0 Å². The minimum atomic E-state index is -1.29. The Morgan fingerprint density at radius 2 is 1.94 bits per heavy atom. The van der Waals surface area contributed by atoms with Gasteiger partial charge in [0, 0.05) is 5.56 Å². The zero-order valence-electron chi connectivity index (χ0n) is 10.3. The van der Waals surface area contributed by atoms with Gasteiger partial charge in [-0.15, -0.1) is 11.3 Å². The van der Waals surface area contributed by atoms with Crippen LogP contribution in [0.1, 0.15) is 11.1 Å². The third-order valence-electron chi connectivity index (χ3n) is 2.06. The molecule has 0 N–H and O–H groups in total. The van der Waals surface area contributed by atoms with E-state index in [1.165, 1.54) is 5.56 Å². The van der Waals surface area contributed by atoms with Crippen molar-refractivity contribution in [1.82, 2.24) is 0 Å². The number of hydrogen-bond donors (Lipinski definition) is 0. The predicted molar refractivity (Wildman–Crippen MR) is 74.1 cm³/mol. The van der Waals surface area contributed by atoms with Crippen LogP contribution in [0.2, 0.25) is 19.6 Å². The van der Waals surface area contributed by atoms with E-state index in [0.717, 1.165) is 12.0 Å². The van der Waals surface area contributed by atoms with Crippen LogP contribution in [-0.2, 0) is 6.42 Å². The summed E-state index contributed by atoms with van der Waals surface area (Å²) in [5.41, 5.74) is 8.58. The van der Waals surface area contributed by atoms with Gasteiger partial charge in [-0.05, 0) is 24.1 Å². The van der Waals surface area contributed by atoms with Crippen LogP contribution in [-0.4, -0.2) is 8.07 Å². The molecule has 0 aromatic heterocycles. The first-order valence-corrected chi connectivity index (χ1v) is 8.98. The maximum atomic E-state index is 3.58. The molecule has 0 aliphatic carbocycles. The molecule has 82 valence electrons. The maximum Gasteiger partial charge on any atom is 0.129 e.